The summed E-state index contributed by atoms with van der Waals surface area (Å²) in [7, 11) is 0. The number of hydrogen-bond acceptors (Lipinski definition) is 1. The van der Waals surface area contributed by atoms with Crippen LogP contribution in [0.2, 0.25) is 0 Å². The molecule has 1 heteroatoms. The van der Waals surface area contributed by atoms with Gasteiger partial charge in [-0.3, -0.25) is 0 Å². The Kier molecular flexibility index (Phi) is 3.82. The summed E-state index contributed by atoms with van der Waals surface area (Å²) in [5, 5.41) is 0. The Morgan fingerprint density at radius 1 is 1.22 bits per heavy atom. The van der Waals surface area contributed by atoms with E-state index < -0.39 is 0 Å². The second-order valence-electron chi connectivity index (χ2n) is 6.56. The van der Waals surface area contributed by atoms with Crippen LogP contribution in [0.1, 0.15) is 56.2 Å². The molecular formula is C17H27N. The van der Waals surface area contributed by atoms with Crippen molar-refractivity contribution in [1.82, 2.24) is 0 Å². The molecule has 0 radical (unpaired) electrons. The maximum Gasteiger partial charge on any atom is 0.0412 e. The van der Waals surface area contributed by atoms with Gasteiger partial charge in [-0.25, -0.2) is 0 Å². The fourth-order valence-corrected chi connectivity index (χ4v) is 3.23. The van der Waals surface area contributed by atoms with Gasteiger partial charge in [-0.15, -0.1) is 0 Å². The first-order valence-electron chi connectivity index (χ1n) is 7.29. The van der Waals surface area contributed by atoms with E-state index in [9.17, 15) is 0 Å². The lowest BCUT2D eigenvalue weighted by Gasteiger charge is -2.40. The minimum atomic E-state index is -0.0916. The molecule has 100 valence electrons. The minimum Gasteiger partial charge on any atom is -0.321 e. The zero-order valence-corrected chi connectivity index (χ0v) is 12.3. The van der Waals surface area contributed by atoms with E-state index in [0.717, 1.165) is 24.7 Å². The number of nitrogens with two attached hydrogens (primary N) is 1. The Bertz CT molecular complexity index is 422. The summed E-state index contributed by atoms with van der Waals surface area (Å²) in [6.07, 6.45) is 4.90. The molecule has 2 atom stereocenters. The first-order valence-corrected chi connectivity index (χ1v) is 7.29. The molecule has 2 N–H and O–H groups in total. The first kappa shape index (κ1) is 13.6. The largest absolute Gasteiger partial charge is 0.321 e. The van der Waals surface area contributed by atoms with E-state index in [1.807, 2.05) is 0 Å². The molecule has 2 unspecified atom stereocenters. The molecule has 1 aliphatic carbocycles. The molecule has 18 heavy (non-hydrogen) atoms. The van der Waals surface area contributed by atoms with Crippen molar-refractivity contribution in [3.05, 3.63) is 34.9 Å². The van der Waals surface area contributed by atoms with E-state index in [4.69, 9.17) is 5.73 Å². The van der Waals surface area contributed by atoms with Crippen molar-refractivity contribution in [3.63, 3.8) is 0 Å². The Balaban J connectivity index is 2.26. The van der Waals surface area contributed by atoms with Crippen molar-refractivity contribution < 1.29 is 0 Å². The summed E-state index contributed by atoms with van der Waals surface area (Å²) in [4.78, 5) is 0. The molecule has 1 fully saturated rings. The number of rotatable bonds is 2. The first-order chi connectivity index (χ1) is 8.42. The lowest BCUT2D eigenvalue weighted by Crippen LogP contribution is -2.42. The van der Waals surface area contributed by atoms with Gasteiger partial charge in [-0.2, -0.15) is 0 Å². The molecular weight excluding hydrogens is 218 g/mol. The summed E-state index contributed by atoms with van der Waals surface area (Å²) < 4.78 is 0. The highest BCUT2D eigenvalue weighted by atomic mass is 14.8. The van der Waals surface area contributed by atoms with Crippen LogP contribution in [0.4, 0.5) is 0 Å². The van der Waals surface area contributed by atoms with Crippen molar-refractivity contribution in [3.8, 4) is 0 Å². The minimum absolute atomic E-state index is 0.0916. The van der Waals surface area contributed by atoms with Crippen molar-refractivity contribution in [2.24, 2.45) is 17.6 Å². The second-order valence-corrected chi connectivity index (χ2v) is 6.56. The summed E-state index contributed by atoms with van der Waals surface area (Å²) >= 11 is 0. The van der Waals surface area contributed by atoms with Gasteiger partial charge in [-0.1, -0.05) is 44.9 Å². The number of aryl methyl sites for hydroxylation is 2. The van der Waals surface area contributed by atoms with Crippen molar-refractivity contribution >= 4 is 0 Å². The van der Waals surface area contributed by atoms with Crippen molar-refractivity contribution in [1.29, 1.82) is 0 Å². The molecule has 1 aliphatic rings. The van der Waals surface area contributed by atoms with Crippen LogP contribution in [-0.2, 0) is 5.54 Å². The van der Waals surface area contributed by atoms with Crippen molar-refractivity contribution in [2.75, 3.05) is 0 Å². The number of hydrogen-bond donors (Lipinski definition) is 1. The Morgan fingerprint density at radius 3 is 2.56 bits per heavy atom. The highest BCUT2D eigenvalue weighted by Gasteiger charge is 2.35. The molecule has 0 aromatic heterocycles. The van der Waals surface area contributed by atoms with Crippen LogP contribution in [0.15, 0.2) is 18.2 Å². The van der Waals surface area contributed by atoms with E-state index in [-0.39, 0.29) is 5.54 Å². The molecule has 0 bridgehead atoms. The van der Waals surface area contributed by atoms with Gasteiger partial charge in [0.15, 0.2) is 0 Å². The van der Waals surface area contributed by atoms with E-state index in [1.54, 1.807) is 0 Å². The van der Waals surface area contributed by atoms with Gasteiger partial charge in [0.1, 0.15) is 0 Å². The average Bonchev–Trinajstić information content (AvgIpc) is 2.32. The summed E-state index contributed by atoms with van der Waals surface area (Å²) in [5.41, 5.74) is 10.7. The smallest absolute Gasteiger partial charge is 0.0412 e. The van der Waals surface area contributed by atoms with Crippen LogP contribution < -0.4 is 5.73 Å². The maximum atomic E-state index is 6.73. The maximum absolute atomic E-state index is 6.73. The van der Waals surface area contributed by atoms with E-state index >= 15 is 0 Å². The highest BCUT2D eigenvalue weighted by Crippen LogP contribution is 2.41. The number of benzene rings is 1. The van der Waals surface area contributed by atoms with Crippen molar-refractivity contribution in [2.45, 2.75) is 58.9 Å². The quantitative estimate of drug-likeness (QED) is 0.826. The van der Waals surface area contributed by atoms with E-state index in [1.165, 1.54) is 29.5 Å². The van der Waals surface area contributed by atoms with Crippen LogP contribution in [0.3, 0.4) is 0 Å². The SMILES string of the molecule is Cc1ccc(C2(N)CCCC(C(C)C)C2)cc1C. The van der Waals surface area contributed by atoms with Gasteiger partial charge in [0.05, 0.1) is 0 Å². The molecule has 1 aromatic rings. The van der Waals surface area contributed by atoms with E-state index in [2.05, 4.69) is 45.9 Å². The normalized spacial score (nSPS) is 28.7. The van der Waals surface area contributed by atoms with Crippen LogP contribution in [-0.4, -0.2) is 0 Å². The van der Waals surface area contributed by atoms with Crippen LogP contribution >= 0.6 is 0 Å². The Hall–Kier alpha value is -0.820. The summed E-state index contributed by atoms with van der Waals surface area (Å²) in [5.74, 6) is 1.53. The molecule has 0 amide bonds. The van der Waals surface area contributed by atoms with Gasteiger partial charge in [0, 0.05) is 5.54 Å². The molecule has 0 aliphatic heterocycles. The monoisotopic (exact) mass is 245 g/mol. The summed E-state index contributed by atoms with van der Waals surface area (Å²) in [6.45, 7) is 9.01. The van der Waals surface area contributed by atoms with E-state index in [0.29, 0.717) is 0 Å². The molecule has 0 spiro atoms. The summed E-state index contributed by atoms with van der Waals surface area (Å²) in [6, 6.07) is 6.77. The molecule has 1 aromatic carbocycles. The van der Waals surface area contributed by atoms with Gasteiger partial charge >= 0.3 is 0 Å². The molecule has 0 heterocycles. The van der Waals surface area contributed by atoms with Crippen LogP contribution in [0.5, 0.6) is 0 Å². The molecule has 1 saturated carbocycles. The lowest BCUT2D eigenvalue weighted by molar-refractivity contribution is 0.184. The molecule has 2 rings (SSSR count). The standard InChI is InChI=1S/C17H27N/c1-12(2)15-6-5-9-17(18,11-15)16-8-7-13(3)14(4)10-16/h7-8,10,12,15H,5-6,9,11,18H2,1-4H3. The van der Waals surface area contributed by atoms with Gasteiger partial charge in [0.25, 0.3) is 0 Å². The van der Waals surface area contributed by atoms with Gasteiger partial charge in [-0.05, 0) is 55.2 Å². The fourth-order valence-electron chi connectivity index (χ4n) is 3.23. The molecule has 1 nitrogen and oxygen atoms in total. The zero-order valence-electron chi connectivity index (χ0n) is 12.3. The fraction of sp³-hybridized carbons (Fsp3) is 0.647. The third kappa shape index (κ3) is 2.61. The van der Waals surface area contributed by atoms with Gasteiger partial charge in [0.2, 0.25) is 0 Å². The Labute approximate surface area is 112 Å². The zero-order chi connectivity index (χ0) is 13.3. The lowest BCUT2D eigenvalue weighted by atomic mass is 9.69. The van der Waals surface area contributed by atoms with Gasteiger partial charge < -0.3 is 5.73 Å². The van der Waals surface area contributed by atoms with Crippen LogP contribution in [0.25, 0.3) is 0 Å². The topological polar surface area (TPSA) is 26.0 Å². The third-order valence-corrected chi connectivity index (χ3v) is 4.85. The van der Waals surface area contributed by atoms with Crippen LogP contribution in [0, 0.1) is 25.7 Å². The Morgan fingerprint density at radius 2 is 1.94 bits per heavy atom. The predicted octanol–water partition coefficient (Wildman–Crippen LogP) is 4.30. The second kappa shape index (κ2) is 5.05. The third-order valence-electron chi connectivity index (χ3n) is 4.85. The average molecular weight is 245 g/mol. The molecule has 0 saturated heterocycles. The highest BCUT2D eigenvalue weighted by molar-refractivity contribution is 5.34. The predicted molar refractivity (Wildman–Crippen MR) is 78.6 cm³/mol.